The summed E-state index contributed by atoms with van der Waals surface area (Å²) in [6.07, 6.45) is 0.329. The number of hydrogen-bond acceptors (Lipinski definition) is 4. The highest BCUT2D eigenvalue weighted by molar-refractivity contribution is 7.11. The highest BCUT2D eigenvalue weighted by atomic mass is 35.5. The van der Waals surface area contributed by atoms with E-state index in [1.165, 1.54) is 18.5 Å². The summed E-state index contributed by atoms with van der Waals surface area (Å²) in [5.41, 5.74) is 1.22. The lowest BCUT2D eigenvalue weighted by Gasteiger charge is -2.14. The molecule has 1 amide bonds. The molecule has 1 saturated heterocycles. The van der Waals surface area contributed by atoms with Crippen molar-refractivity contribution in [3.8, 4) is 0 Å². The van der Waals surface area contributed by atoms with Crippen molar-refractivity contribution >= 4 is 39.8 Å². The predicted molar refractivity (Wildman–Crippen MR) is 63.5 cm³/mol. The molecule has 0 aliphatic carbocycles. The topological polar surface area (TPSA) is 50.3 Å². The number of ketones is 1. The molecule has 2 rings (SSSR count). The Hall–Kier alpha value is -0.940. The van der Waals surface area contributed by atoms with E-state index >= 15 is 0 Å². The second-order valence-corrected chi connectivity index (χ2v) is 5.18. The molecule has 1 atom stereocenters. The van der Waals surface area contributed by atoms with E-state index in [9.17, 15) is 9.59 Å². The molecule has 4 nitrogen and oxygen atoms in total. The van der Waals surface area contributed by atoms with Crippen LogP contribution in [0.3, 0.4) is 0 Å². The van der Waals surface area contributed by atoms with Crippen molar-refractivity contribution in [3.05, 3.63) is 11.3 Å². The van der Waals surface area contributed by atoms with Crippen molar-refractivity contribution in [3.63, 3.8) is 0 Å². The second-order valence-electron chi connectivity index (χ2n) is 3.81. The van der Waals surface area contributed by atoms with Crippen LogP contribution < -0.4 is 4.90 Å². The lowest BCUT2D eigenvalue weighted by molar-refractivity contribution is -0.117. The SMILES string of the molecule is CC(=O)c1c(C)nsc1N1CC(Cl)CC1=O. The number of hydrogen-bond donors (Lipinski definition) is 0. The van der Waals surface area contributed by atoms with Crippen LogP contribution in [0.15, 0.2) is 0 Å². The van der Waals surface area contributed by atoms with E-state index in [0.717, 1.165) is 0 Å². The Bertz CT molecular complexity index is 458. The minimum absolute atomic E-state index is 0.0360. The fourth-order valence-corrected chi connectivity index (χ4v) is 3.05. The first-order valence-corrected chi connectivity index (χ1v) is 6.13. The van der Waals surface area contributed by atoms with Gasteiger partial charge in [-0.25, -0.2) is 0 Å². The number of rotatable bonds is 2. The Morgan fingerprint density at radius 2 is 2.31 bits per heavy atom. The van der Waals surface area contributed by atoms with E-state index in [2.05, 4.69) is 4.37 Å². The molecule has 0 radical (unpaired) electrons. The first-order chi connectivity index (χ1) is 7.50. The van der Waals surface area contributed by atoms with Crippen LogP contribution in [0, 0.1) is 6.92 Å². The van der Waals surface area contributed by atoms with Crippen LogP contribution >= 0.6 is 23.1 Å². The van der Waals surface area contributed by atoms with Gasteiger partial charge in [-0.05, 0) is 25.4 Å². The molecule has 2 heterocycles. The third-order valence-electron chi connectivity index (χ3n) is 2.52. The average Bonchev–Trinajstić information content (AvgIpc) is 2.69. The lowest BCUT2D eigenvalue weighted by Crippen LogP contribution is -2.25. The molecule has 1 aliphatic rings. The summed E-state index contributed by atoms with van der Waals surface area (Å²) in [5, 5.41) is 0.466. The number of carbonyl (C=O) groups excluding carboxylic acids is 2. The summed E-state index contributed by atoms with van der Waals surface area (Å²) in [7, 11) is 0. The molecule has 1 fully saturated rings. The van der Waals surface area contributed by atoms with Gasteiger partial charge in [-0.15, -0.1) is 11.6 Å². The molecule has 0 aromatic carbocycles. The molecule has 0 saturated carbocycles. The zero-order valence-electron chi connectivity index (χ0n) is 8.99. The summed E-state index contributed by atoms with van der Waals surface area (Å²) in [5.74, 6) is -0.0989. The van der Waals surface area contributed by atoms with E-state index in [0.29, 0.717) is 29.2 Å². The van der Waals surface area contributed by atoms with Gasteiger partial charge in [0.25, 0.3) is 0 Å². The van der Waals surface area contributed by atoms with E-state index in [4.69, 9.17) is 11.6 Å². The van der Waals surface area contributed by atoms with Gasteiger partial charge in [0.2, 0.25) is 5.91 Å². The van der Waals surface area contributed by atoms with Gasteiger partial charge >= 0.3 is 0 Å². The van der Waals surface area contributed by atoms with Crippen LogP contribution in [0.1, 0.15) is 29.4 Å². The van der Waals surface area contributed by atoms with Crippen molar-refractivity contribution < 1.29 is 9.59 Å². The Morgan fingerprint density at radius 1 is 1.62 bits per heavy atom. The highest BCUT2D eigenvalue weighted by Gasteiger charge is 2.33. The smallest absolute Gasteiger partial charge is 0.229 e. The minimum atomic E-state index is -0.172. The predicted octanol–water partition coefficient (Wildman–Crippen LogP) is 2.00. The molecule has 86 valence electrons. The van der Waals surface area contributed by atoms with E-state index in [-0.39, 0.29) is 17.1 Å². The van der Waals surface area contributed by atoms with Gasteiger partial charge < -0.3 is 4.90 Å². The van der Waals surface area contributed by atoms with E-state index < -0.39 is 0 Å². The van der Waals surface area contributed by atoms with Crippen LogP contribution in [0.4, 0.5) is 5.00 Å². The summed E-state index contributed by atoms with van der Waals surface area (Å²) in [4.78, 5) is 24.7. The number of alkyl halides is 1. The molecule has 1 unspecified atom stereocenters. The molecule has 0 bridgehead atoms. The third kappa shape index (κ3) is 1.85. The minimum Gasteiger partial charge on any atom is -0.300 e. The lowest BCUT2D eigenvalue weighted by atomic mass is 10.2. The van der Waals surface area contributed by atoms with Gasteiger partial charge in [-0.2, -0.15) is 4.37 Å². The highest BCUT2D eigenvalue weighted by Crippen LogP contribution is 2.33. The van der Waals surface area contributed by atoms with Gasteiger partial charge in [0.1, 0.15) is 5.00 Å². The van der Waals surface area contributed by atoms with Crippen LogP contribution in [-0.4, -0.2) is 28.0 Å². The molecule has 1 aromatic heterocycles. The molecule has 0 N–H and O–H groups in total. The number of halogens is 1. The van der Waals surface area contributed by atoms with Crippen molar-refractivity contribution in [1.82, 2.24) is 4.37 Å². The summed E-state index contributed by atoms with van der Waals surface area (Å²) in [6.45, 7) is 3.72. The first-order valence-electron chi connectivity index (χ1n) is 4.92. The monoisotopic (exact) mass is 258 g/mol. The Morgan fingerprint density at radius 3 is 2.81 bits per heavy atom. The molecule has 16 heavy (non-hydrogen) atoms. The zero-order chi connectivity index (χ0) is 11.9. The summed E-state index contributed by atoms with van der Waals surface area (Å²) < 4.78 is 4.13. The Balaban J connectivity index is 2.41. The zero-order valence-corrected chi connectivity index (χ0v) is 10.6. The number of Topliss-reactive ketones (excluding diaryl/α,β-unsaturated/α-hetero) is 1. The van der Waals surface area contributed by atoms with Gasteiger partial charge in [-0.1, -0.05) is 0 Å². The van der Waals surface area contributed by atoms with Gasteiger partial charge in [0.05, 0.1) is 16.6 Å². The summed E-state index contributed by atoms with van der Waals surface area (Å²) >= 11 is 7.11. The van der Waals surface area contributed by atoms with Crippen LogP contribution in [0.2, 0.25) is 0 Å². The second kappa shape index (κ2) is 4.14. The van der Waals surface area contributed by atoms with Crippen LogP contribution in [0.5, 0.6) is 0 Å². The number of aryl methyl sites for hydroxylation is 1. The standard InChI is InChI=1S/C10H11ClN2O2S/c1-5-9(6(2)14)10(16-12-5)13-4-7(11)3-8(13)15/h7H,3-4H2,1-2H3. The maximum Gasteiger partial charge on any atom is 0.229 e. The first kappa shape index (κ1) is 11.5. The van der Waals surface area contributed by atoms with Crippen LogP contribution in [-0.2, 0) is 4.79 Å². The van der Waals surface area contributed by atoms with Gasteiger partial charge in [0, 0.05) is 13.0 Å². The largest absolute Gasteiger partial charge is 0.300 e. The third-order valence-corrected chi connectivity index (χ3v) is 3.77. The molecular formula is C10H11ClN2O2S. The van der Waals surface area contributed by atoms with Gasteiger partial charge in [-0.3, -0.25) is 9.59 Å². The van der Waals surface area contributed by atoms with Gasteiger partial charge in [0.15, 0.2) is 5.78 Å². The normalized spacial score (nSPS) is 20.6. The maximum absolute atomic E-state index is 11.7. The average molecular weight is 259 g/mol. The van der Waals surface area contributed by atoms with Crippen molar-refractivity contribution in [2.75, 3.05) is 11.4 Å². The van der Waals surface area contributed by atoms with Crippen molar-refractivity contribution in [2.45, 2.75) is 25.6 Å². The number of aromatic nitrogens is 1. The Kier molecular flexibility index (Phi) is 2.99. The molecule has 1 aliphatic heterocycles. The number of carbonyl (C=O) groups is 2. The number of amides is 1. The maximum atomic E-state index is 11.7. The quantitative estimate of drug-likeness (QED) is 0.602. The van der Waals surface area contributed by atoms with E-state index in [1.54, 1.807) is 11.8 Å². The molecule has 1 aromatic rings. The van der Waals surface area contributed by atoms with Crippen molar-refractivity contribution in [2.24, 2.45) is 0 Å². The fourth-order valence-electron chi connectivity index (χ4n) is 1.81. The van der Waals surface area contributed by atoms with Crippen molar-refractivity contribution in [1.29, 1.82) is 0 Å². The molecule has 0 spiro atoms. The van der Waals surface area contributed by atoms with Crippen LogP contribution in [0.25, 0.3) is 0 Å². The Labute approximate surface area is 102 Å². The van der Waals surface area contributed by atoms with E-state index in [1.807, 2.05) is 0 Å². The number of anilines is 1. The molecular weight excluding hydrogens is 248 g/mol. The fraction of sp³-hybridized carbons (Fsp3) is 0.500. The molecule has 6 heteroatoms. The number of nitrogens with zero attached hydrogens (tertiary/aromatic N) is 2. The summed E-state index contributed by atoms with van der Waals surface area (Å²) in [6, 6.07) is 0.